The number of hydrogen-bond acceptors (Lipinski definition) is 4. The molecule has 0 unspecified atom stereocenters. The Bertz CT molecular complexity index is 567. The fraction of sp³-hybridized carbons (Fsp3) is 0.0769. The van der Waals surface area contributed by atoms with Crippen LogP contribution in [0.2, 0.25) is 0 Å². The number of methoxy groups -OCH3 is 1. The van der Waals surface area contributed by atoms with E-state index < -0.39 is 0 Å². The first-order valence-corrected chi connectivity index (χ1v) is 6.44. The summed E-state index contributed by atoms with van der Waals surface area (Å²) in [5, 5.41) is 7.56. The standard InChI is InChI=1S/C13H13N3O2S/c1-18-11-5-3-2-4-10(11)6-7-14-12(17)16-13-15-8-9-19-13/h2-9H,1H3,(H2,14,15,16,17)/b7-6+. The number of amides is 2. The summed E-state index contributed by atoms with van der Waals surface area (Å²) in [6.45, 7) is 0. The van der Waals surface area contributed by atoms with Crippen LogP contribution in [0.4, 0.5) is 9.93 Å². The highest BCUT2D eigenvalue weighted by atomic mass is 32.1. The summed E-state index contributed by atoms with van der Waals surface area (Å²) in [6, 6.07) is 7.21. The second-order valence-corrected chi connectivity index (χ2v) is 4.41. The predicted octanol–water partition coefficient (Wildman–Crippen LogP) is 2.94. The molecule has 2 rings (SSSR count). The zero-order valence-corrected chi connectivity index (χ0v) is 11.1. The quantitative estimate of drug-likeness (QED) is 0.901. The summed E-state index contributed by atoms with van der Waals surface area (Å²) in [5.74, 6) is 0.751. The van der Waals surface area contributed by atoms with E-state index in [1.54, 1.807) is 31.0 Å². The minimum atomic E-state index is -0.332. The fourth-order valence-corrected chi connectivity index (χ4v) is 1.95. The van der Waals surface area contributed by atoms with Gasteiger partial charge in [0.15, 0.2) is 5.13 Å². The number of carbonyl (C=O) groups excluding carboxylic acids is 1. The highest BCUT2D eigenvalue weighted by Crippen LogP contribution is 2.18. The zero-order valence-electron chi connectivity index (χ0n) is 10.3. The van der Waals surface area contributed by atoms with Gasteiger partial charge in [0.25, 0.3) is 0 Å². The van der Waals surface area contributed by atoms with Crippen molar-refractivity contribution < 1.29 is 9.53 Å². The van der Waals surface area contributed by atoms with Crippen molar-refractivity contribution in [2.75, 3.05) is 12.4 Å². The minimum absolute atomic E-state index is 0.332. The van der Waals surface area contributed by atoms with Gasteiger partial charge in [0.05, 0.1) is 7.11 Å². The SMILES string of the molecule is COc1ccccc1/C=C/NC(=O)Nc1nccs1. The van der Waals surface area contributed by atoms with Crippen molar-refractivity contribution >= 4 is 28.6 Å². The Balaban J connectivity index is 1.91. The summed E-state index contributed by atoms with van der Waals surface area (Å²) in [6.07, 6.45) is 4.95. The van der Waals surface area contributed by atoms with Crippen molar-refractivity contribution in [3.8, 4) is 5.75 Å². The molecule has 0 spiro atoms. The van der Waals surface area contributed by atoms with Gasteiger partial charge in [0.2, 0.25) is 0 Å². The Morgan fingerprint density at radius 3 is 3.00 bits per heavy atom. The third-order valence-corrected chi connectivity index (χ3v) is 2.96. The van der Waals surface area contributed by atoms with Crippen LogP contribution < -0.4 is 15.4 Å². The van der Waals surface area contributed by atoms with E-state index in [2.05, 4.69) is 15.6 Å². The van der Waals surface area contributed by atoms with Crippen molar-refractivity contribution in [1.29, 1.82) is 0 Å². The lowest BCUT2D eigenvalue weighted by Gasteiger charge is -2.04. The molecule has 0 bridgehead atoms. The van der Waals surface area contributed by atoms with E-state index in [-0.39, 0.29) is 6.03 Å². The number of para-hydroxylation sites is 1. The average Bonchev–Trinajstić information content (AvgIpc) is 2.92. The van der Waals surface area contributed by atoms with Crippen LogP contribution in [-0.4, -0.2) is 18.1 Å². The molecular formula is C13H13N3O2S. The van der Waals surface area contributed by atoms with Crippen molar-refractivity contribution in [1.82, 2.24) is 10.3 Å². The molecule has 2 N–H and O–H groups in total. The van der Waals surface area contributed by atoms with Gasteiger partial charge in [0.1, 0.15) is 5.75 Å². The molecule has 2 amide bonds. The fourth-order valence-electron chi connectivity index (χ4n) is 1.43. The van der Waals surface area contributed by atoms with Crippen molar-refractivity contribution in [3.05, 3.63) is 47.6 Å². The lowest BCUT2D eigenvalue weighted by atomic mass is 10.2. The summed E-state index contributed by atoms with van der Waals surface area (Å²) in [7, 11) is 1.61. The number of rotatable bonds is 4. The molecule has 0 saturated heterocycles. The van der Waals surface area contributed by atoms with Crippen LogP contribution in [0.5, 0.6) is 5.75 Å². The molecule has 6 heteroatoms. The molecule has 0 atom stereocenters. The maximum atomic E-state index is 11.5. The number of benzene rings is 1. The second kappa shape index (κ2) is 6.55. The smallest absolute Gasteiger partial charge is 0.325 e. The number of urea groups is 1. The van der Waals surface area contributed by atoms with E-state index in [0.717, 1.165) is 11.3 Å². The predicted molar refractivity (Wildman–Crippen MR) is 76.3 cm³/mol. The number of nitrogens with zero attached hydrogens (tertiary/aromatic N) is 1. The van der Waals surface area contributed by atoms with Gasteiger partial charge in [-0.05, 0) is 12.1 Å². The molecule has 0 saturated carbocycles. The summed E-state index contributed by atoms with van der Waals surface area (Å²) >= 11 is 1.36. The lowest BCUT2D eigenvalue weighted by Crippen LogP contribution is -2.23. The van der Waals surface area contributed by atoms with Crippen LogP contribution in [0.15, 0.2) is 42.0 Å². The van der Waals surface area contributed by atoms with Gasteiger partial charge in [0, 0.05) is 23.3 Å². The number of carbonyl (C=O) groups is 1. The molecule has 0 aliphatic heterocycles. The number of anilines is 1. The normalized spacial score (nSPS) is 10.4. The molecular weight excluding hydrogens is 262 g/mol. The van der Waals surface area contributed by atoms with Crippen molar-refractivity contribution in [2.24, 2.45) is 0 Å². The third-order valence-electron chi connectivity index (χ3n) is 2.27. The van der Waals surface area contributed by atoms with E-state index in [1.807, 2.05) is 24.3 Å². The first kappa shape index (κ1) is 13.1. The molecule has 98 valence electrons. The number of thiazole rings is 1. The van der Waals surface area contributed by atoms with Crippen LogP contribution in [-0.2, 0) is 0 Å². The number of ether oxygens (including phenoxy) is 1. The third kappa shape index (κ3) is 3.82. The van der Waals surface area contributed by atoms with Gasteiger partial charge in [-0.3, -0.25) is 5.32 Å². The van der Waals surface area contributed by atoms with Crippen LogP contribution in [0.25, 0.3) is 6.08 Å². The van der Waals surface area contributed by atoms with Crippen LogP contribution in [0.1, 0.15) is 5.56 Å². The molecule has 0 radical (unpaired) electrons. The molecule has 1 heterocycles. The van der Waals surface area contributed by atoms with Gasteiger partial charge in [-0.15, -0.1) is 11.3 Å². The molecule has 1 aromatic carbocycles. The Morgan fingerprint density at radius 1 is 1.42 bits per heavy atom. The Hall–Kier alpha value is -2.34. The van der Waals surface area contributed by atoms with Gasteiger partial charge in [-0.1, -0.05) is 18.2 Å². The van der Waals surface area contributed by atoms with E-state index in [9.17, 15) is 4.79 Å². The molecule has 0 aliphatic carbocycles. The van der Waals surface area contributed by atoms with Gasteiger partial charge < -0.3 is 10.1 Å². The van der Waals surface area contributed by atoms with Gasteiger partial charge in [-0.2, -0.15) is 0 Å². The number of hydrogen-bond donors (Lipinski definition) is 2. The summed E-state index contributed by atoms with van der Waals surface area (Å²) < 4.78 is 5.20. The molecule has 0 aliphatic rings. The Labute approximate surface area is 114 Å². The van der Waals surface area contributed by atoms with E-state index in [1.165, 1.54) is 11.3 Å². The second-order valence-electron chi connectivity index (χ2n) is 3.51. The maximum Gasteiger partial charge on any atom is 0.325 e. The molecule has 0 fully saturated rings. The van der Waals surface area contributed by atoms with E-state index in [0.29, 0.717) is 5.13 Å². The maximum absolute atomic E-state index is 11.5. The highest BCUT2D eigenvalue weighted by molar-refractivity contribution is 7.13. The van der Waals surface area contributed by atoms with Gasteiger partial charge >= 0.3 is 6.03 Å². The molecule has 19 heavy (non-hydrogen) atoms. The largest absolute Gasteiger partial charge is 0.496 e. The summed E-state index contributed by atoms with van der Waals surface area (Å²) in [4.78, 5) is 15.5. The monoisotopic (exact) mass is 275 g/mol. The Kier molecular flexibility index (Phi) is 4.52. The van der Waals surface area contributed by atoms with Crippen molar-refractivity contribution in [3.63, 3.8) is 0 Å². The number of aromatic nitrogens is 1. The van der Waals surface area contributed by atoms with Crippen LogP contribution >= 0.6 is 11.3 Å². The number of nitrogens with one attached hydrogen (secondary N) is 2. The molecule has 5 nitrogen and oxygen atoms in total. The van der Waals surface area contributed by atoms with E-state index >= 15 is 0 Å². The minimum Gasteiger partial charge on any atom is -0.496 e. The average molecular weight is 275 g/mol. The lowest BCUT2D eigenvalue weighted by molar-refractivity contribution is 0.255. The molecule has 1 aromatic heterocycles. The zero-order chi connectivity index (χ0) is 13.5. The highest BCUT2D eigenvalue weighted by Gasteiger charge is 2.01. The van der Waals surface area contributed by atoms with Gasteiger partial charge in [-0.25, -0.2) is 9.78 Å². The van der Waals surface area contributed by atoms with E-state index in [4.69, 9.17) is 4.74 Å². The van der Waals surface area contributed by atoms with Crippen LogP contribution in [0, 0.1) is 0 Å². The topological polar surface area (TPSA) is 63.2 Å². The first-order chi connectivity index (χ1) is 9.29. The summed E-state index contributed by atoms with van der Waals surface area (Å²) in [5.41, 5.74) is 0.888. The Morgan fingerprint density at radius 2 is 2.26 bits per heavy atom. The first-order valence-electron chi connectivity index (χ1n) is 5.56. The van der Waals surface area contributed by atoms with Crippen LogP contribution in [0.3, 0.4) is 0 Å². The van der Waals surface area contributed by atoms with Crippen molar-refractivity contribution in [2.45, 2.75) is 0 Å². The molecule has 2 aromatic rings.